The number of rotatable bonds is 8. The van der Waals surface area contributed by atoms with Crippen molar-refractivity contribution < 1.29 is 28.2 Å². The first-order valence-electron chi connectivity index (χ1n) is 11.8. The zero-order valence-corrected chi connectivity index (χ0v) is 21.3. The number of hydrogen-bond acceptors (Lipinski definition) is 6. The molecule has 194 valence electrons. The van der Waals surface area contributed by atoms with Gasteiger partial charge in [0.15, 0.2) is 6.61 Å². The molecule has 0 radical (unpaired) electrons. The Morgan fingerprint density at radius 3 is 2.50 bits per heavy atom. The average Bonchev–Trinajstić information content (AvgIpc) is 2.75. The Morgan fingerprint density at radius 2 is 1.83 bits per heavy atom. The molecule has 11 heteroatoms. The van der Waals surface area contributed by atoms with Crippen molar-refractivity contribution in [3.05, 3.63) is 40.7 Å². The fraction of sp³-hybridized carbons (Fsp3) is 0.520. The van der Waals surface area contributed by atoms with E-state index in [0.29, 0.717) is 37.9 Å². The van der Waals surface area contributed by atoms with E-state index >= 15 is 0 Å². The summed E-state index contributed by atoms with van der Waals surface area (Å²) in [5.41, 5.74) is -0.0735. The van der Waals surface area contributed by atoms with Gasteiger partial charge in [-0.2, -0.15) is 0 Å². The molecule has 3 saturated carbocycles. The molecule has 4 aliphatic rings. The molecular formula is C25H30ClFN4O5. The standard InChI is InChI=1S/C25H30ClFN4O5/c1-23(2,3)36-22(34)29-10-15-6-7-28-19(8-15)21(33)31-25-12-24(13-25,14-25)30-20(32)11-35-16-4-5-17(26)18(27)9-16/h4-5,8-9H,6-7,10-14H2,1-3H3,(H,29,34)(H,30,32)(H,31,33). The lowest BCUT2D eigenvalue weighted by Crippen LogP contribution is -2.84. The van der Waals surface area contributed by atoms with Crippen molar-refractivity contribution in [3.63, 3.8) is 0 Å². The Balaban J connectivity index is 1.20. The number of ether oxygens (including phenoxy) is 2. The smallest absolute Gasteiger partial charge is 0.407 e. The van der Waals surface area contributed by atoms with Crippen LogP contribution in [0.4, 0.5) is 9.18 Å². The van der Waals surface area contributed by atoms with Crippen molar-refractivity contribution in [2.75, 3.05) is 19.7 Å². The van der Waals surface area contributed by atoms with E-state index in [-0.39, 0.29) is 46.8 Å². The van der Waals surface area contributed by atoms with Gasteiger partial charge in [0.05, 0.1) is 5.02 Å². The van der Waals surface area contributed by atoms with Gasteiger partial charge in [0, 0.05) is 30.2 Å². The van der Waals surface area contributed by atoms with Gasteiger partial charge in [0.25, 0.3) is 11.8 Å². The predicted molar refractivity (Wildman–Crippen MR) is 132 cm³/mol. The number of amides is 3. The molecule has 1 aromatic rings. The molecule has 0 saturated heterocycles. The molecule has 1 aromatic carbocycles. The molecule has 36 heavy (non-hydrogen) atoms. The maximum atomic E-state index is 13.5. The highest BCUT2D eigenvalue weighted by Gasteiger charge is 2.69. The van der Waals surface area contributed by atoms with Gasteiger partial charge >= 0.3 is 6.09 Å². The Bertz CT molecular complexity index is 1120. The molecule has 9 nitrogen and oxygen atoms in total. The number of carbonyl (C=O) groups is 3. The van der Waals surface area contributed by atoms with Crippen molar-refractivity contribution in [1.82, 2.24) is 16.0 Å². The van der Waals surface area contributed by atoms with Crippen LogP contribution in [0.25, 0.3) is 0 Å². The van der Waals surface area contributed by atoms with Crippen LogP contribution in [0.15, 0.2) is 34.8 Å². The Labute approximate surface area is 213 Å². The zero-order chi connectivity index (χ0) is 26.1. The number of hydrogen-bond donors (Lipinski definition) is 3. The van der Waals surface area contributed by atoms with Gasteiger partial charge in [-0.15, -0.1) is 0 Å². The average molecular weight is 521 g/mol. The highest BCUT2D eigenvalue weighted by Crippen LogP contribution is 2.60. The molecule has 0 atom stereocenters. The number of alkyl carbamates (subject to hydrolysis) is 1. The topological polar surface area (TPSA) is 118 Å². The molecule has 1 heterocycles. The van der Waals surface area contributed by atoms with Crippen LogP contribution in [-0.4, -0.2) is 60.0 Å². The van der Waals surface area contributed by atoms with E-state index in [2.05, 4.69) is 20.9 Å². The van der Waals surface area contributed by atoms with E-state index in [1.165, 1.54) is 12.1 Å². The summed E-state index contributed by atoms with van der Waals surface area (Å²) in [6, 6.07) is 3.98. The molecule has 3 aliphatic carbocycles. The minimum atomic E-state index is -0.615. The van der Waals surface area contributed by atoms with Gasteiger partial charge in [-0.25, -0.2) is 9.18 Å². The van der Waals surface area contributed by atoms with Gasteiger partial charge in [-0.05, 0) is 70.2 Å². The van der Waals surface area contributed by atoms with Gasteiger partial charge in [0.2, 0.25) is 0 Å². The van der Waals surface area contributed by atoms with Crippen molar-refractivity contribution >= 4 is 35.2 Å². The minimum absolute atomic E-state index is 0.0172. The number of dihydropyridines is 1. The summed E-state index contributed by atoms with van der Waals surface area (Å²) in [5, 5.41) is 8.69. The molecule has 0 unspecified atom stereocenters. The number of halogens is 2. The van der Waals surface area contributed by atoms with E-state index < -0.39 is 17.5 Å². The largest absolute Gasteiger partial charge is 0.484 e. The van der Waals surface area contributed by atoms with Crippen molar-refractivity contribution in [2.45, 2.75) is 63.1 Å². The van der Waals surface area contributed by atoms with E-state index in [4.69, 9.17) is 21.1 Å². The van der Waals surface area contributed by atoms with Crippen LogP contribution in [0.5, 0.6) is 5.75 Å². The Morgan fingerprint density at radius 1 is 1.14 bits per heavy atom. The van der Waals surface area contributed by atoms with Gasteiger partial charge in [-0.1, -0.05) is 11.6 Å². The third-order valence-corrected chi connectivity index (χ3v) is 6.53. The lowest BCUT2D eigenvalue weighted by atomic mass is 9.44. The fourth-order valence-corrected chi connectivity index (χ4v) is 4.93. The van der Waals surface area contributed by atoms with Crippen molar-refractivity contribution in [2.24, 2.45) is 4.99 Å². The number of benzene rings is 1. The summed E-state index contributed by atoms with van der Waals surface area (Å²) in [7, 11) is 0. The first kappa shape index (κ1) is 25.9. The molecule has 2 bridgehead atoms. The molecule has 5 rings (SSSR count). The fourth-order valence-electron chi connectivity index (χ4n) is 4.81. The number of nitrogens with one attached hydrogen (secondary N) is 3. The van der Waals surface area contributed by atoms with Gasteiger partial charge in [-0.3, -0.25) is 14.6 Å². The number of aliphatic imine (C=N–C) groups is 1. The first-order chi connectivity index (χ1) is 16.9. The van der Waals surface area contributed by atoms with Crippen molar-refractivity contribution in [1.29, 1.82) is 0 Å². The maximum Gasteiger partial charge on any atom is 0.407 e. The molecule has 3 amide bonds. The number of nitrogens with zero attached hydrogens (tertiary/aromatic N) is 1. The van der Waals surface area contributed by atoms with E-state index in [0.717, 1.165) is 11.6 Å². The maximum absolute atomic E-state index is 13.5. The minimum Gasteiger partial charge on any atom is -0.484 e. The molecule has 0 aromatic heterocycles. The van der Waals surface area contributed by atoms with E-state index in [1.807, 2.05) is 0 Å². The summed E-state index contributed by atoms with van der Waals surface area (Å²) in [4.78, 5) is 41.3. The quantitative estimate of drug-likeness (QED) is 0.487. The van der Waals surface area contributed by atoms with Gasteiger partial charge in [0.1, 0.15) is 22.9 Å². The highest BCUT2D eigenvalue weighted by atomic mass is 35.5. The van der Waals surface area contributed by atoms with Crippen LogP contribution in [0.3, 0.4) is 0 Å². The predicted octanol–water partition coefficient (Wildman–Crippen LogP) is 3.06. The Hall–Kier alpha value is -3.14. The zero-order valence-electron chi connectivity index (χ0n) is 20.5. The van der Waals surface area contributed by atoms with Gasteiger partial charge < -0.3 is 25.4 Å². The lowest BCUT2D eigenvalue weighted by molar-refractivity contribution is -0.147. The first-order valence-corrected chi connectivity index (χ1v) is 12.2. The third-order valence-electron chi connectivity index (χ3n) is 6.22. The third kappa shape index (κ3) is 6.16. The SMILES string of the molecule is CC(C)(C)OC(=O)NCC1=CC(C(=O)NC23CC(NC(=O)COc4ccc(Cl)c(F)c4)(C2)C3)=NCC1. The van der Waals surface area contributed by atoms with Crippen LogP contribution < -0.4 is 20.7 Å². The second-order valence-corrected chi connectivity index (χ2v) is 11.0. The summed E-state index contributed by atoms with van der Waals surface area (Å²) in [6.45, 7) is 5.88. The number of carbonyl (C=O) groups excluding carboxylic acids is 3. The molecular weight excluding hydrogens is 491 g/mol. The van der Waals surface area contributed by atoms with Crippen LogP contribution in [-0.2, 0) is 14.3 Å². The second kappa shape index (κ2) is 9.72. The summed E-state index contributed by atoms with van der Waals surface area (Å²) < 4.78 is 24.1. The van der Waals surface area contributed by atoms with Crippen LogP contribution in [0.1, 0.15) is 46.5 Å². The van der Waals surface area contributed by atoms with E-state index in [9.17, 15) is 18.8 Å². The Kier molecular flexibility index (Phi) is 7.01. The van der Waals surface area contributed by atoms with E-state index in [1.54, 1.807) is 26.8 Å². The normalized spacial score (nSPS) is 24.2. The van der Waals surface area contributed by atoms with Crippen LogP contribution in [0, 0.1) is 5.82 Å². The lowest BCUT2D eigenvalue weighted by Gasteiger charge is -2.70. The summed E-state index contributed by atoms with van der Waals surface area (Å²) >= 11 is 5.64. The molecule has 0 spiro atoms. The van der Waals surface area contributed by atoms with Crippen LogP contribution in [0.2, 0.25) is 5.02 Å². The summed E-state index contributed by atoms with van der Waals surface area (Å²) in [5.74, 6) is -0.977. The second-order valence-electron chi connectivity index (χ2n) is 10.6. The van der Waals surface area contributed by atoms with Crippen LogP contribution >= 0.6 is 11.6 Å². The highest BCUT2D eigenvalue weighted by molar-refractivity contribution is 6.43. The molecule has 1 aliphatic heterocycles. The monoisotopic (exact) mass is 520 g/mol. The summed E-state index contributed by atoms with van der Waals surface area (Å²) in [6.07, 6.45) is 3.71. The molecule has 3 fully saturated rings. The molecule has 3 N–H and O–H groups in total. The van der Waals surface area contributed by atoms with Crippen molar-refractivity contribution in [3.8, 4) is 5.75 Å².